The van der Waals surface area contributed by atoms with Crippen LogP contribution in [-0.4, -0.2) is 28.1 Å². The van der Waals surface area contributed by atoms with E-state index in [0.717, 1.165) is 13.4 Å². The summed E-state index contributed by atoms with van der Waals surface area (Å²) < 4.78 is 33.8. The van der Waals surface area contributed by atoms with Crippen LogP contribution in [0.4, 0.5) is 0 Å². The van der Waals surface area contributed by atoms with E-state index in [-0.39, 0.29) is 11.5 Å². The first-order valence-electron chi connectivity index (χ1n) is 5.34. The van der Waals surface area contributed by atoms with Crippen molar-refractivity contribution < 1.29 is 22.7 Å². The Labute approximate surface area is 116 Å². The summed E-state index contributed by atoms with van der Waals surface area (Å²) in [5.74, 6) is -0.983. The summed E-state index contributed by atoms with van der Waals surface area (Å²) >= 11 is 5.69. The summed E-state index contributed by atoms with van der Waals surface area (Å²) in [5, 5.41) is 0.396. The minimum Gasteiger partial charge on any atom is -0.500 e. The average molecular weight is 305 g/mol. The Morgan fingerprint density at radius 2 is 1.89 bits per heavy atom. The number of halogens is 1. The van der Waals surface area contributed by atoms with Gasteiger partial charge in [-0.25, -0.2) is 13.2 Å². The fraction of sp³-hybridized carbons (Fsp3) is 0.250. The Morgan fingerprint density at radius 1 is 1.32 bits per heavy atom. The Morgan fingerprint density at radius 3 is 2.37 bits per heavy atom. The molecule has 0 N–H and O–H groups in total. The molecular weight excluding hydrogens is 292 g/mol. The van der Waals surface area contributed by atoms with Gasteiger partial charge in [-0.2, -0.15) is 0 Å². The third-order valence-corrected chi connectivity index (χ3v) is 4.14. The van der Waals surface area contributed by atoms with Crippen LogP contribution in [0.5, 0.6) is 0 Å². The van der Waals surface area contributed by atoms with Crippen LogP contribution in [0.2, 0.25) is 5.02 Å². The van der Waals surface area contributed by atoms with E-state index in [0.29, 0.717) is 5.02 Å². The highest BCUT2D eigenvalue weighted by atomic mass is 35.5. The van der Waals surface area contributed by atoms with Crippen LogP contribution in [0.1, 0.15) is 6.92 Å². The van der Waals surface area contributed by atoms with Crippen LogP contribution in [0.25, 0.3) is 0 Å². The molecule has 0 atom stereocenters. The molecule has 0 unspecified atom stereocenters. The molecule has 0 radical (unpaired) electrons. The maximum Gasteiger partial charge on any atom is 0.353 e. The molecule has 104 valence electrons. The first-order valence-corrected chi connectivity index (χ1v) is 7.20. The SMILES string of the molecule is CCO/C=C(\C(=O)OC)S(=O)(=O)c1ccc(Cl)cc1. The fourth-order valence-corrected chi connectivity index (χ4v) is 2.59. The molecule has 0 aromatic heterocycles. The number of carbonyl (C=O) groups excluding carboxylic acids is 1. The Hall–Kier alpha value is -1.53. The zero-order valence-electron chi connectivity index (χ0n) is 10.4. The van der Waals surface area contributed by atoms with Crippen molar-refractivity contribution in [3.63, 3.8) is 0 Å². The van der Waals surface area contributed by atoms with E-state index in [1.54, 1.807) is 6.92 Å². The van der Waals surface area contributed by atoms with Gasteiger partial charge in [0, 0.05) is 5.02 Å². The zero-order valence-corrected chi connectivity index (χ0v) is 12.0. The summed E-state index contributed by atoms with van der Waals surface area (Å²) in [6, 6.07) is 5.45. The van der Waals surface area contributed by atoms with Gasteiger partial charge in [-0.3, -0.25) is 0 Å². The number of methoxy groups -OCH3 is 1. The summed E-state index contributed by atoms with van der Waals surface area (Å²) in [6.45, 7) is 1.90. The van der Waals surface area contributed by atoms with E-state index in [2.05, 4.69) is 4.74 Å². The molecule has 0 fully saturated rings. The second-order valence-electron chi connectivity index (χ2n) is 3.39. The van der Waals surface area contributed by atoms with Crippen molar-refractivity contribution in [3.8, 4) is 0 Å². The molecule has 0 spiro atoms. The number of hydrogen-bond acceptors (Lipinski definition) is 5. The molecule has 0 aliphatic rings. The van der Waals surface area contributed by atoms with Crippen molar-refractivity contribution in [3.05, 3.63) is 40.5 Å². The molecule has 1 aromatic rings. The lowest BCUT2D eigenvalue weighted by Crippen LogP contribution is -2.16. The lowest BCUT2D eigenvalue weighted by Gasteiger charge is -2.07. The Balaban J connectivity index is 3.27. The molecule has 0 heterocycles. The second-order valence-corrected chi connectivity index (χ2v) is 5.74. The maximum atomic E-state index is 12.3. The topological polar surface area (TPSA) is 69.7 Å². The van der Waals surface area contributed by atoms with Crippen molar-refractivity contribution in [1.82, 2.24) is 0 Å². The quantitative estimate of drug-likeness (QED) is 0.474. The molecule has 19 heavy (non-hydrogen) atoms. The summed E-state index contributed by atoms with van der Waals surface area (Å²) in [6.07, 6.45) is 0.885. The number of ether oxygens (including phenoxy) is 2. The summed E-state index contributed by atoms with van der Waals surface area (Å²) in [7, 11) is -2.90. The minimum atomic E-state index is -4.00. The number of rotatable bonds is 5. The van der Waals surface area contributed by atoms with Crippen molar-refractivity contribution in [2.45, 2.75) is 11.8 Å². The molecule has 7 heteroatoms. The van der Waals surface area contributed by atoms with Crippen LogP contribution in [0, 0.1) is 0 Å². The van der Waals surface area contributed by atoms with Crippen LogP contribution in [-0.2, 0) is 24.1 Å². The number of carbonyl (C=O) groups is 1. The third kappa shape index (κ3) is 3.71. The van der Waals surface area contributed by atoms with Gasteiger partial charge < -0.3 is 9.47 Å². The summed E-state index contributed by atoms with van der Waals surface area (Å²) in [4.78, 5) is 10.9. The average Bonchev–Trinajstić information content (AvgIpc) is 2.39. The highest BCUT2D eigenvalue weighted by Crippen LogP contribution is 2.22. The van der Waals surface area contributed by atoms with E-state index in [1.807, 2.05) is 0 Å². The molecule has 0 aliphatic carbocycles. The molecule has 5 nitrogen and oxygen atoms in total. The van der Waals surface area contributed by atoms with E-state index < -0.39 is 20.7 Å². The maximum absolute atomic E-state index is 12.3. The zero-order chi connectivity index (χ0) is 14.5. The lowest BCUT2D eigenvalue weighted by molar-refractivity contribution is -0.135. The minimum absolute atomic E-state index is 0.0618. The van der Waals surface area contributed by atoms with Crippen molar-refractivity contribution >= 4 is 27.4 Å². The number of hydrogen-bond donors (Lipinski definition) is 0. The van der Waals surface area contributed by atoms with Crippen molar-refractivity contribution in [2.24, 2.45) is 0 Å². The lowest BCUT2D eigenvalue weighted by atomic mass is 10.4. The van der Waals surface area contributed by atoms with Gasteiger partial charge >= 0.3 is 5.97 Å². The smallest absolute Gasteiger partial charge is 0.353 e. The van der Waals surface area contributed by atoms with Gasteiger partial charge in [0.2, 0.25) is 9.84 Å². The molecule has 0 bridgehead atoms. The Bertz CT molecular complexity index is 575. The highest BCUT2D eigenvalue weighted by molar-refractivity contribution is 7.96. The second kappa shape index (κ2) is 6.58. The summed E-state index contributed by atoms with van der Waals surface area (Å²) in [5.41, 5.74) is 0. The van der Waals surface area contributed by atoms with Gasteiger partial charge in [-0.1, -0.05) is 11.6 Å². The first-order chi connectivity index (χ1) is 8.93. The van der Waals surface area contributed by atoms with E-state index in [9.17, 15) is 13.2 Å². The van der Waals surface area contributed by atoms with E-state index in [4.69, 9.17) is 16.3 Å². The molecule has 0 saturated carbocycles. The van der Waals surface area contributed by atoms with Gasteiger partial charge in [-0.05, 0) is 31.2 Å². The normalized spacial score (nSPS) is 12.1. The molecule has 0 aliphatic heterocycles. The van der Waals surface area contributed by atoms with Gasteiger partial charge in [0.15, 0.2) is 4.91 Å². The standard InChI is InChI=1S/C12H13ClO5S/c1-3-18-8-11(12(14)17-2)19(15,16)10-6-4-9(13)5-7-10/h4-8H,3H2,1-2H3/b11-8+. The van der Waals surface area contributed by atoms with Crippen LogP contribution < -0.4 is 0 Å². The van der Waals surface area contributed by atoms with E-state index in [1.165, 1.54) is 24.3 Å². The predicted molar refractivity (Wildman–Crippen MR) is 70.4 cm³/mol. The molecule has 0 saturated heterocycles. The van der Waals surface area contributed by atoms with Crippen molar-refractivity contribution in [2.75, 3.05) is 13.7 Å². The van der Waals surface area contributed by atoms with E-state index >= 15 is 0 Å². The van der Waals surface area contributed by atoms with Crippen LogP contribution in [0.3, 0.4) is 0 Å². The fourth-order valence-electron chi connectivity index (χ4n) is 1.22. The highest BCUT2D eigenvalue weighted by Gasteiger charge is 2.28. The van der Waals surface area contributed by atoms with Crippen LogP contribution in [0.15, 0.2) is 40.3 Å². The Kier molecular flexibility index (Phi) is 5.38. The van der Waals surface area contributed by atoms with Gasteiger partial charge in [0.1, 0.15) is 6.26 Å². The van der Waals surface area contributed by atoms with Gasteiger partial charge in [0.05, 0.1) is 18.6 Å². The predicted octanol–water partition coefficient (Wildman–Crippen LogP) is 2.16. The third-order valence-electron chi connectivity index (χ3n) is 2.16. The molecular formula is C12H13ClO5S. The van der Waals surface area contributed by atoms with Gasteiger partial charge in [-0.15, -0.1) is 0 Å². The number of esters is 1. The molecule has 1 rings (SSSR count). The number of sulfone groups is 1. The monoisotopic (exact) mass is 304 g/mol. The number of benzene rings is 1. The van der Waals surface area contributed by atoms with Crippen molar-refractivity contribution in [1.29, 1.82) is 0 Å². The largest absolute Gasteiger partial charge is 0.500 e. The molecule has 1 aromatic carbocycles. The molecule has 0 amide bonds. The first kappa shape index (κ1) is 15.5. The van der Waals surface area contributed by atoms with Gasteiger partial charge in [0.25, 0.3) is 0 Å². The van der Waals surface area contributed by atoms with Crippen LogP contribution >= 0.6 is 11.6 Å².